The predicted octanol–water partition coefficient (Wildman–Crippen LogP) is 2.56. The first-order valence-corrected chi connectivity index (χ1v) is 10.4. The van der Waals surface area contributed by atoms with Gasteiger partial charge in [0.25, 0.3) is 5.91 Å². The highest BCUT2D eigenvalue weighted by Gasteiger charge is 2.57. The first-order valence-electron chi connectivity index (χ1n) is 10.4. The molecule has 7 heteroatoms. The zero-order valence-corrected chi connectivity index (χ0v) is 17.4. The summed E-state index contributed by atoms with van der Waals surface area (Å²) in [7, 11) is 0. The Bertz CT molecular complexity index is 1040. The fraction of sp³-hybridized carbons (Fsp3) is 0.391. The summed E-state index contributed by atoms with van der Waals surface area (Å²) in [6, 6.07) is 14.3. The summed E-state index contributed by atoms with van der Waals surface area (Å²) in [5.74, 6) is 1.97. The van der Waals surface area contributed by atoms with Crippen molar-refractivity contribution in [2.24, 2.45) is 5.41 Å². The number of hydrogen-bond acceptors (Lipinski definition) is 5. The van der Waals surface area contributed by atoms with Gasteiger partial charge in [0.05, 0.1) is 5.56 Å². The molecule has 7 nitrogen and oxygen atoms in total. The molecule has 2 saturated heterocycles. The van der Waals surface area contributed by atoms with Crippen LogP contribution in [-0.2, 0) is 6.54 Å². The summed E-state index contributed by atoms with van der Waals surface area (Å²) in [5.41, 5.74) is 2.87. The average Bonchev–Trinajstić information content (AvgIpc) is 3.31. The van der Waals surface area contributed by atoms with Crippen molar-refractivity contribution in [2.45, 2.75) is 26.3 Å². The van der Waals surface area contributed by atoms with E-state index in [0.29, 0.717) is 5.56 Å². The molecule has 1 N–H and O–H groups in total. The van der Waals surface area contributed by atoms with Gasteiger partial charge in [0.2, 0.25) is 0 Å². The van der Waals surface area contributed by atoms with Crippen molar-refractivity contribution in [3.05, 3.63) is 77.1 Å². The molecule has 154 valence electrons. The molecule has 0 aliphatic carbocycles. The van der Waals surface area contributed by atoms with Crippen molar-refractivity contribution in [3.8, 4) is 0 Å². The minimum absolute atomic E-state index is 0.00278. The quantitative estimate of drug-likeness (QED) is 0.726. The Morgan fingerprint density at radius 1 is 1.13 bits per heavy atom. The Morgan fingerprint density at radius 3 is 2.60 bits per heavy atom. The van der Waals surface area contributed by atoms with Crippen LogP contribution in [0.1, 0.15) is 39.2 Å². The maximum Gasteiger partial charge on any atom is 0.255 e. The molecule has 2 aliphatic rings. The molecule has 4 heterocycles. The molecule has 2 aromatic heterocycles. The number of benzene rings is 1. The van der Waals surface area contributed by atoms with E-state index in [1.165, 1.54) is 5.56 Å². The number of H-pyrrole nitrogens is 1. The lowest BCUT2D eigenvalue weighted by molar-refractivity contribution is 0.00177. The van der Waals surface area contributed by atoms with Crippen LogP contribution in [0, 0.1) is 19.3 Å². The predicted molar refractivity (Wildman–Crippen MR) is 113 cm³/mol. The third-order valence-corrected chi connectivity index (χ3v) is 6.35. The normalized spacial score (nSPS) is 20.5. The van der Waals surface area contributed by atoms with Crippen molar-refractivity contribution in [2.75, 3.05) is 26.2 Å². The standard InChI is InChI=1S/C23H26N6O/c1-16-8-9-19(10-24-16)22(30)29-14-23(15-29)13-28(11-18-6-4-3-5-7-18)12-20(23)21-25-17(2)26-27-21/h3-10,20H,11-15H2,1-2H3,(H,25,26,27). The van der Waals surface area contributed by atoms with E-state index in [-0.39, 0.29) is 17.2 Å². The highest BCUT2D eigenvalue weighted by atomic mass is 16.2. The van der Waals surface area contributed by atoms with E-state index in [4.69, 9.17) is 0 Å². The van der Waals surface area contributed by atoms with Gasteiger partial charge in [0.1, 0.15) is 5.82 Å². The molecule has 2 aliphatic heterocycles. The van der Waals surface area contributed by atoms with Gasteiger partial charge in [0, 0.05) is 55.9 Å². The van der Waals surface area contributed by atoms with Gasteiger partial charge in [0.15, 0.2) is 5.82 Å². The van der Waals surface area contributed by atoms with Crippen LogP contribution in [0.4, 0.5) is 0 Å². The monoisotopic (exact) mass is 402 g/mol. The number of aromatic nitrogens is 4. The van der Waals surface area contributed by atoms with Gasteiger partial charge in [-0.05, 0) is 31.5 Å². The fourth-order valence-electron chi connectivity index (χ4n) is 4.86. The van der Waals surface area contributed by atoms with Crippen LogP contribution in [0.5, 0.6) is 0 Å². The van der Waals surface area contributed by atoms with Crippen molar-refractivity contribution < 1.29 is 4.79 Å². The summed E-state index contributed by atoms with van der Waals surface area (Å²) in [4.78, 5) is 26.3. The molecule has 0 bridgehead atoms. The first kappa shape index (κ1) is 18.9. The second-order valence-electron chi connectivity index (χ2n) is 8.70. The van der Waals surface area contributed by atoms with Crippen LogP contribution in [-0.4, -0.2) is 62.1 Å². The van der Waals surface area contributed by atoms with E-state index in [1.54, 1.807) is 6.20 Å². The second-order valence-corrected chi connectivity index (χ2v) is 8.70. The highest BCUT2D eigenvalue weighted by Crippen LogP contribution is 2.49. The topological polar surface area (TPSA) is 78.0 Å². The lowest BCUT2D eigenvalue weighted by Crippen LogP contribution is -2.61. The van der Waals surface area contributed by atoms with Gasteiger partial charge in [-0.25, -0.2) is 4.98 Å². The lowest BCUT2D eigenvalue weighted by atomic mass is 9.71. The summed E-state index contributed by atoms with van der Waals surface area (Å²) in [5, 5.41) is 7.47. The van der Waals surface area contributed by atoms with Crippen molar-refractivity contribution in [1.29, 1.82) is 0 Å². The summed E-state index contributed by atoms with van der Waals surface area (Å²) < 4.78 is 0. The van der Waals surface area contributed by atoms with Crippen LogP contribution < -0.4 is 0 Å². The maximum absolute atomic E-state index is 12.9. The van der Waals surface area contributed by atoms with Gasteiger partial charge in [-0.15, -0.1) is 0 Å². The van der Waals surface area contributed by atoms with E-state index in [1.807, 2.05) is 36.9 Å². The molecule has 3 aromatic rings. The Labute approximate surface area is 176 Å². The highest BCUT2D eigenvalue weighted by molar-refractivity contribution is 5.94. The van der Waals surface area contributed by atoms with Crippen molar-refractivity contribution >= 4 is 5.91 Å². The van der Waals surface area contributed by atoms with Crippen molar-refractivity contribution in [3.63, 3.8) is 0 Å². The number of aryl methyl sites for hydroxylation is 2. The van der Waals surface area contributed by atoms with Gasteiger partial charge < -0.3 is 4.90 Å². The Kier molecular flexibility index (Phi) is 4.62. The molecule has 2 fully saturated rings. The number of carbonyl (C=O) groups excluding carboxylic acids is 1. The molecule has 0 radical (unpaired) electrons. The number of hydrogen-bond donors (Lipinski definition) is 1. The van der Waals surface area contributed by atoms with Crippen LogP contribution in [0.3, 0.4) is 0 Å². The molecular formula is C23H26N6O. The molecule has 1 amide bonds. The molecule has 1 aromatic carbocycles. The maximum atomic E-state index is 12.9. The number of nitrogens with one attached hydrogen (secondary N) is 1. The molecule has 30 heavy (non-hydrogen) atoms. The molecule has 1 atom stereocenters. The number of aromatic amines is 1. The molecule has 1 unspecified atom stereocenters. The van der Waals surface area contributed by atoms with Crippen LogP contribution >= 0.6 is 0 Å². The average molecular weight is 403 g/mol. The molecule has 1 spiro atoms. The molecule has 0 saturated carbocycles. The number of nitrogens with zero attached hydrogens (tertiary/aromatic N) is 5. The van der Waals surface area contributed by atoms with Crippen LogP contribution in [0.25, 0.3) is 0 Å². The third-order valence-electron chi connectivity index (χ3n) is 6.35. The Balaban J connectivity index is 1.35. The van der Waals surface area contributed by atoms with Crippen LogP contribution in [0.15, 0.2) is 48.7 Å². The van der Waals surface area contributed by atoms with E-state index in [9.17, 15) is 4.79 Å². The van der Waals surface area contributed by atoms with E-state index in [0.717, 1.165) is 50.1 Å². The summed E-state index contributed by atoms with van der Waals surface area (Å²) >= 11 is 0. The second kappa shape index (κ2) is 7.32. The molecule has 5 rings (SSSR count). The van der Waals surface area contributed by atoms with Gasteiger partial charge in [-0.2, -0.15) is 5.10 Å². The Hall–Kier alpha value is -3.06. The zero-order chi connectivity index (χ0) is 20.7. The van der Waals surface area contributed by atoms with Crippen LogP contribution in [0.2, 0.25) is 0 Å². The fourth-order valence-corrected chi connectivity index (χ4v) is 4.86. The summed E-state index contributed by atoms with van der Waals surface area (Å²) in [6.45, 7) is 8.05. The van der Waals surface area contributed by atoms with Gasteiger partial charge in [-0.3, -0.25) is 19.8 Å². The largest absolute Gasteiger partial charge is 0.337 e. The molecular weight excluding hydrogens is 376 g/mol. The number of pyridine rings is 1. The number of amides is 1. The minimum Gasteiger partial charge on any atom is -0.337 e. The number of carbonyl (C=O) groups is 1. The zero-order valence-electron chi connectivity index (χ0n) is 17.4. The van der Waals surface area contributed by atoms with E-state index >= 15 is 0 Å². The smallest absolute Gasteiger partial charge is 0.255 e. The third kappa shape index (κ3) is 3.39. The number of rotatable bonds is 4. The van der Waals surface area contributed by atoms with E-state index < -0.39 is 0 Å². The summed E-state index contributed by atoms with van der Waals surface area (Å²) in [6.07, 6.45) is 1.68. The number of likely N-dealkylation sites (tertiary alicyclic amines) is 2. The SMILES string of the molecule is Cc1ccc(C(=O)N2CC3(CN(Cc4ccccc4)CC3c3n[nH]c(C)n3)C2)cn1. The van der Waals surface area contributed by atoms with Gasteiger partial charge >= 0.3 is 0 Å². The lowest BCUT2D eigenvalue weighted by Gasteiger charge is -2.50. The first-order chi connectivity index (χ1) is 14.5. The van der Waals surface area contributed by atoms with E-state index in [2.05, 4.69) is 49.3 Å². The minimum atomic E-state index is -0.00278. The Morgan fingerprint density at radius 2 is 1.93 bits per heavy atom. The van der Waals surface area contributed by atoms with Crippen molar-refractivity contribution in [1.82, 2.24) is 30.0 Å². The van der Waals surface area contributed by atoms with Gasteiger partial charge in [-0.1, -0.05) is 30.3 Å².